The topological polar surface area (TPSA) is 83.8 Å². The number of nitrogens with two attached hydrogens (primary N) is 1. The second-order valence-electron chi connectivity index (χ2n) is 6.13. The molecular weight excluding hydrogens is 344 g/mol. The molecule has 6 heteroatoms. The monoisotopic (exact) mass is 358 g/mol. The van der Waals surface area contributed by atoms with Crippen LogP contribution in [0.2, 0.25) is 0 Å². The number of nitrogens with zero attached hydrogens (tertiary/aromatic N) is 1. The lowest BCUT2D eigenvalue weighted by Gasteiger charge is -2.06. The molecule has 0 fully saturated rings. The van der Waals surface area contributed by atoms with Crippen LogP contribution in [0.15, 0.2) is 65.5 Å². The number of thiazole rings is 1. The summed E-state index contributed by atoms with van der Waals surface area (Å²) in [7, 11) is 0. The first-order chi connectivity index (χ1) is 12.7. The highest BCUT2D eigenvalue weighted by Gasteiger charge is 2.08. The first kappa shape index (κ1) is 14.9. The van der Waals surface area contributed by atoms with Gasteiger partial charge in [-0.2, -0.15) is 0 Å². The number of fused-ring (bicyclic) bond motifs is 3. The van der Waals surface area contributed by atoms with Crippen LogP contribution in [-0.4, -0.2) is 9.97 Å². The molecule has 0 saturated carbocycles. The Morgan fingerprint density at radius 2 is 1.81 bits per heavy atom. The van der Waals surface area contributed by atoms with Crippen LogP contribution < -0.4 is 16.5 Å². The van der Waals surface area contributed by atoms with Gasteiger partial charge in [0.25, 0.3) is 0 Å². The van der Waals surface area contributed by atoms with Gasteiger partial charge in [-0.05, 0) is 48.5 Å². The van der Waals surface area contributed by atoms with Crippen molar-refractivity contribution in [3.05, 3.63) is 70.9 Å². The lowest BCUT2D eigenvalue weighted by molar-refractivity contribution is 1.43. The predicted octanol–water partition coefficient (Wildman–Crippen LogP) is 4.62. The van der Waals surface area contributed by atoms with Crippen LogP contribution in [0.25, 0.3) is 32.0 Å². The molecule has 5 aromatic rings. The molecule has 2 aromatic heterocycles. The summed E-state index contributed by atoms with van der Waals surface area (Å²) in [5.74, 6) is 0. The molecule has 26 heavy (non-hydrogen) atoms. The average Bonchev–Trinajstić information content (AvgIpc) is 3.03. The van der Waals surface area contributed by atoms with Gasteiger partial charge >= 0.3 is 0 Å². The molecule has 5 rings (SSSR count). The molecule has 0 aliphatic rings. The maximum Gasteiger partial charge on any atom is 0.197 e. The van der Waals surface area contributed by atoms with E-state index >= 15 is 0 Å². The van der Waals surface area contributed by atoms with Gasteiger partial charge in [0.05, 0.1) is 15.7 Å². The maximum absolute atomic E-state index is 12.6. The highest BCUT2D eigenvalue weighted by molar-refractivity contribution is 7.22. The molecule has 0 unspecified atom stereocenters. The summed E-state index contributed by atoms with van der Waals surface area (Å²) in [6, 6.07) is 18.9. The van der Waals surface area contributed by atoms with Gasteiger partial charge in [0.1, 0.15) is 0 Å². The molecule has 2 heterocycles. The third kappa shape index (κ3) is 2.39. The van der Waals surface area contributed by atoms with Crippen molar-refractivity contribution < 1.29 is 0 Å². The molecule has 126 valence electrons. The van der Waals surface area contributed by atoms with E-state index < -0.39 is 0 Å². The molecule has 0 saturated heterocycles. The zero-order valence-corrected chi connectivity index (χ0v) is 14.4. The summed E-state index contributed by atoms with van der Waals surface area (Å²) >= 11 is 1.54. The third-order valence-electron chi connectivity index (χ3n) is 4.37. The summed E-state index contributed by atoms with van der Waals surface area (Å²) in [5.41, 5.74) is 10.0. The molecule has 0 radical (unpaired) electrons. The largest absolute Gasteiger partial charge is 0.399 e. The van der Waals surface area contributed by atoms with Gasteiger partial charge in [-0.25, -0.2) is 4.98 Å². The second-order valence-corrected chi connectivity index (χ2v) is 7.16. The van der Waals surface area contributed by atoms with Crippen LogP contribution in [0.3, 0.4) is 0 Å². The van der Waals surface area contributed by atoms with Crippen molar-refractivity contribution in [2.45, 2.75) is 0 Å². The van der Waals surface area contributed by atoms with Gasteiger partial charge in [-0.3, -0.25) is 4.79 Å². The second kappa shape index (κ2) is 5.57. The lowest BCUT2D eigenvalue weighted by atomic mass is 10.1. The standard InChI is InChI=1S/C20H14N4OS/c21-11-5-8-16-18(9-11)26-20(24-16)22-12-6-7-14-17(10-12)23-15-4-2-1-3-13(15)19(14)25/h1-10H,21H2,(H,22,24)(H,23,25). The molecule has 4 N–H and O–H groups in total. The minimum absolute atomic E-state index is 0.0383. The lowest BCUT2D eigenvalue weighted by Crippen LogP contribution is -2.04. The number of anilines is 3. The van der Waals surface area contributed by atoms with Crippen molar-refractivity contribution in [2.24, 2.45) is 0 Å². The zero-order valence-electron chi connectivity index (χ0n) is 13.6. The highest BCUT2D eigenvalue weighted by atomic mass is 32.1. The minimum Gasteiger partial charge on any atom is -0.399 e. The smallest absolute Gasteiger partial charge is 0.197 e. The van der Waals surface area contributed by atoms with Crippen molar-refractivity contribution >= 4 is 59.9 Å². The van der Waals surface area contributed by atoms with Gasteiger partial charge in [0.15, 0.2) is 10.6 Å². The number of hydrogen-bond donors (Lipinski definition) is 3. The third-order valence-corrected chi connectivity index (χ3v) is 5.30. The number of pyridine rings is 1. The molecule has 0 bridgehead atoms. The number of hydrogen-bond acceptors (Lipinski definition) is 5. The van der Waals surface area contributed by atoms with Crippen molar-refractivity contribution in [3.8, 4) is 0 Å². The van der Waals surface area contributed by atoms with Gasteiger partial charge < -0.3 is 16.0 Å². The van der Waals surface area contributed by atoms with Gasteiger partial charge in [-0.15, -0.1) is 0 Å². The number of benzene rings is 3. The SMILES string of the molecule is Nc1ccc2nc(Nc3ccc4c(=O)c5ccccc5[nH]c4c3)sc2c1. The summed E-state index contributed by atoms with van der Waals surface area (Å²) in [5, 5.41) is 5.47. The Bertz CT molecular complexity index is 1350. The Labute approximate surface area is 152 Å². The zero-order chi connectivity index (χ0) is 17.7. The van der Waals surface area contributed by atoms with Crippen LogP contribution >= 0.6 is 11.3 Å². The molecule has 0 aliphatic carbocycles. The quantitative estimate of drug-likeness (QED) is 0.318. The number of H-pyrrole nitrogens is 1. The summed E-state index contributed by atoms with van der Waals surface area (Å²) < 4.78 is 1.03. The van der Waals surface area contributed by atoms with Crippen LogP contribution in [0.1, 0.15) is 0 Å². The predicted molar refractivity (Wildman–Crippen MR) is 109 cm³/mol. The normalized spacial score (nSPS) is 11.4. The summed E-state index contributed by atoms with van der Waals surface area (Å²) in [6.07, 6.45) is 0. The van der Waals surface area contributed by atoms with E-state index in [4.69, 9.17) is 5.73 Å². The molecule has 3 aromatic carbocycles. The number of aromatic amines is 1. The van der Waals surface area contributed by atoms with Crippen LogP contribution in [-0.2, 0) is 0 Å². The molecule has 0 atom stereocenters. The minimum atomic E-state index is 0.0383. The maximum atomic E-state index is 12.6. The summed E-state index contributed by atoms with van der Waals surface area (Å²) in [4.78, 5) is 20.6. The van der Waals surface area contributed by atoms with Crippen molar-refractivity contribution in [2.75, 3.05) is 11.1 Å². The number of nitrogens with one attached hydrogen (secondary N) is 2. The van der Waals surface area contributed by atoms with E-state index in [0.717, 1.165) is 37.8 Å². The van der Waals surface area contributed by atoms with Crippen molar-refractivity contribution in [1.29, 1.82) is 0 Å². The highest BCUT2D eigenvalue weighted by Crippen LogP contribution is 2.30. The van der Waals surface area contributed by atoms with Crippen LogP contribution in [0, 0.1) is 0 Å². The van der Waals surface area contributed by atoms with E-state index in [2.05, 4.69) is 15.3 Å². The van der Waals surface area contributed by atoms with E-state index in [9.17, 15) is 4.79 Å². The Hall–Kier alpha value is -3.38. The van der Waals surface area contributed by atoms with Gasteiger partial charge in [0, 0.05) is 27.7 Å². The van der Waals surface area contributed by atoms with Crippen molar-refractivity contribution in [3.63, 3.8) is 0 Å². The van der Waals surface area contributed by atoms with Crippen molar-refractivity contribution in [1.82, 2.24) is 9.97 Å². The molecule has 0 amide bonds. The fraction of sp³-hybridized carbons (Fsp3) is 0. The van der Waals surface area contributed by atoms with Gasteiger partial charge in [-0.1, -0.05) is 23.5 Å². The molecule has 0 aliphatic heterocycles. The Balaban J connectivity index is 1.60. The fourth-order valence-corrected chi connectivity index (χ4v) is 4.06. The number of rotatable bonds is 2. The average molecular weight is 358 g/mol. The van der Waals surface area contributed by atoms with Gasteiger partial charge in [0.2, 0.25) is 0 Å². The number of nitrogen functional groups attached to an aromatic ring is 1. The number of para-hydroxylation sites is 1. The first-order valence-corrected chi connectivity index (χ1v) is 8.97. The fourth-order valence-electron chi connectivity index (χ4n) is 3.12. The summed E-state index contributed by atoms with van der Waals surface area (Å²) in [6.45, 7) is 0. The molecular formula is C20H14N4OS. The van der Waals surface area contributed by atoms with E-state index in [0.29, 0.717) is 10.8 Å². The molecule has 0 spiro atoms. The van der Waals surface area contributed by atoms with Crippen LogP contribution in [0.5, 0.6) is 0 Å². The Morgan fingerprint density at radius 1 is 0.962 bits per heavy atom. The first-order valence-electron chi connectivity index (χ1n) is 8.15. The Morgan fingerprint density at radius 3 is 2.73 bits per heavy atom. The number of aromatic nitrogens is 2. The van der Waals surface area contributed by atoms with E-state index in [1.165, 1.54) is 0 Å². The van der Waals surface area contributed by atoms with E-state index in [1.807, 2.05) is 60.7 Å². The Kier molecular flexibility index (Phi) is 3.20. The van der Waals surface area contributed by atoms with E-state index in [-0.39, 0.29) is 5.43 Å². The van der Waals surface area contributed by atoms with E-state index in [1.54, 1.807) is 11.3 Å². The molecule has 5 nitrogen and oxygen atoms in total. The van der Waals surface area contributed by atoms with Crippen LogP contribution in [0.4, 0.5) is 16.5 Å².